The maximum atomic E-state index is 9.44. The molecule has 0 fully saturated rings. The molecule has 4 nitrogen and oxygen atoms in total. The zero-order valence-corrected chi connectivity index (χ0v) is 12.0. The molecule has 1 atom stereocenters. The van der Waals surface area contributed by atoms with Gasteiger partial charge in [0.2, 0.25) is 0 Å². The van der Waals surface area contributed by atoms with Crippen molar-refractivity contribution in [2.24, 2.45) is 0 Å². The summed E-state index contributed by atoms with van der Waals surface area (Å²) in [6.07, 6.45) is 0.885. The molecule has 2 rings (SSSR count). The van der Waals surface area contributed by atoms with Gasteiger partial charge >= 0.3 is 0 Å². The molecule has 2 N–H and O–H groups in total. The van der Waals surface area contributed by atoms with Crippen LogP contribution in [0.25, 0.3) is 11.0 Å². The Kier molecular flexibility index (Phi) is 4.22. The number of benzene rings is 1. The van der Waals surface area contributed by atoms with Gasteiger partial charge in [-0.15, -0.1) is 0 Å². The second kappa shape index (κ2) is 5.72. The predicted octanol–water partition coefficient (Wildman–Crippen LogP) is 2.31. The minimum Gasteiger partial charge on any atom is -0.394 e. The fraction of sp³-hybridized carbons (Fsp3) is 0.533. The van der Waals surface area contributed by atoms with Gasteiger partial charge in [-0.05, 0) is 32.4 Å². The van der Waals surface area contributed by atoms with Crippen LogP contribution < -0.4 is 5.32 Å². The van der Waals surface area contributed by atoms with Gasteiger partial charge in [-0.25, -0.2) is 4.98 Å². The fourth-order valence-corrected chi connectivity index (χ4v) is 2.20. The van der Waals surface area contributed by atoms with E-state index in [1.54, 1.807) is 0 Å². The van der Waals surface area contributed by atoms with Crippen LogP contribution in [-0.4, -0.2) is 26.8 Å². The number of imidazole rings is 1. The summed E-state index contributed by atoms with van der Waals surface area (Å²) in [4.78, 5) is 4.67. The van der Waals surface area contributed by atoms with Crippen LogP contribution in [0.1, 0.15) is 33.0 Å². The van der Waals surface area contributed by atoms with Gasteiger partial charge in [-0.1, -0.05) is 19.1 Å². The predicted molar refractivity (Wildman–Crippen MR) is 78.0 cm³/mol. The third-order valence-corrected chi connectivity index (χ3v) is 3.85. The molecule has 2 aromatic rings. The lowest BCUT2D eigenvalue weighted by Gasteiger charge is -2.27. The lowest BCUT2D eigenvalue weighted by atomic mass is 10.0. The average molecular weight is 261 g/mol. The molecule has 0 saturated carbocycles. The van der Waals surface area contributed by atoms with Gasteiger partial charge in [-0.3, -0.25) is 0 Å². The average Bonchev–Trinajstić information content (AvgIpc) is 2.82. The smallest absolute Gasteiger partial charge is 0.123 e. The van der Waals surface area contributed by atoms with Gasteiger partial charge in [0.15, 0.2) is 0 Å². The number of hydrogen-bond acceptors (Lipinski definition) is 3. The molecule has 19 heavy (non-hydrogen) atoms. The van der Waals surface area contributed by atoms with Crippen molar-refractivity contribution < 1.29 is 5.11 Å². The second-order valence-corrected chi connectivity index (χ2v) is 5.19. The topological polar surface area (TPSA) is 50.1 Å². The molecule has 1 aromatic heterocycles. The summed E-state index contributed by atoms with van der Waals surface area (Å²) in [5.41, 5.74) is 1.96. The molecule has 0 amide bonds. The van der Waals surface area contributed by atoms with E-state index in [0.717, 1.165) is 24.3 Å². The number of hydrogen-bond donors (Lipinski definition) is 2. The number of aliphatic hydroxyl groups excluding tert-OH is 1. The highest BCUT2D eigenvalue weighted by Gasteiger charge is 2.21. The van der Waals surface area contributed by atoms with Gasteiger partial charge in [0, 0.05) is 12.1 Å². The van der Waals surface area contributed by atoms with E-state index in [1.165, 1.54) is 5.52 Å². The number of nitrogens with zero attached hydrogens (tertiary/aromatic N) is 2. The van der Waals surface area contributed by atoms with Crippen molar-refractivity contribution in [2.45, 2.75) is 45.8 Å². The summed E-state index contributed by atoms with van der Waals surface area (Å²) in [5, 5.41) is 12.9. The van der Waals surface area contributed by atoms with E-state index in [9.17, 15) is 5.11 Å². The largest absolute Gasteiger partial charge is 0.394 e. The Morgan fingerprint density at radius 1 is 1.32 bits per heavy atom. The molecule has 0 radical (unpaired) electrons. The zero-order valence-electron chi connectivity index (χ0n) is 12.0. The lowest BCUT2D eigenvalue weighted by molar-refractivity contribution is 0.167. The maximum absolute atomic E-state index is 9.44. The number of fused-ring (bicyclic) bond motifs is 1. The van der Waals surface area contributed by atoms with Crippen molar-refractivity contribution in [3.8, 4) is 0 Å². The summed E-state index contributed by atoms with van der Waals surface area (Å²) in [6.45, 7) is 7.95. The van der Waals surface area contributed by atoms with Crippen LogP contribution in [0.3, 0.4) is 0 Å². The molecule has 0 aliphatic heterocycles. The van der Waals surface area contributed by atoms with E-state index >= 15 is 0 Å². The Labute approximate surface area is 114 Å². The first-order valence-corrected chi connectivity index (χ1v) is 6.93. The standard InChI is InChI=1S/C15H23N3O/c1-4-15(3,11-19)16-10-14-17-12-8-6-7-9-13(12)18(14)5-2/h6-9,16,19H,4-5,10-11H2,1-3H3. The molecule has 1 heterocycles. The van der Waals surface area contributed by atoms with Gasteiger partial charge in [0.05, 0.1) is 24.2 Å². The molecule has 0 aliphatic carbocycles. The number of nitrogens with one attached hydrogen (secondary N) is 1. The van der Waals surface area contributed by atoms with E-state index in [2.05, 4.69) is 34.8 Å². The molecule has 0 aliphatic rings. The third kappa shape index (κ3) is 2.80. The van der Waals surface area contributed by atoms with Crippen LogP contribution in [0, 0.1) is 0 Å². The lowest BCUT2D eigenvalue weighted by Crippen LogP contribution is -2.45. The highest BCUT2D eigenvalue weighted by atomic mass is 16.3. The first-order chi connectivity index (χ1) is 9.13. The summed E-state index contributed by atoms with van der Waals surface area (Å²) >= 11 is 0. The third-order valence-electron chi connectivity index (χ3n) is 3.85. The van der Waals surface area contributed by atoms with Gasteiger partial charge in [0.1, 0.15) is 5.82 Å². The van der Waals surface area contributed by atoms with Crippen LogP contribution in [-0.2, 0) is 13.1 Å². The van der Waals surface area contributed by atoms with E-state index in [-0.39, 0.29) is 12.1 Å². The molecular weight excluding hydrogens is 238 g/mol. The number of para-hydroxylation sites is 2. The molecule has 0 spiro atoms. The Morgan fingerprint density at radius 3 is 2.68 bits per heavy atom. The maximum Gasteiger partial charge on any atom is 0.123 e. The van der Waals surface area contributed by atoms with Crippen LogP contribution in [0.4, 0.5) is 0 Å². The minimum absolute atomic E-state index is 0.135. The van der Waals surface area contributed by atoms with Gasteiger partial charge < -0.3 is 15.0 Å². The zero-order chi connectivity index (χ0) is 13.9. The minimum atomic E-state index is -0.239. The number of rotatable bonds is 6. The quantitative estimate of drug-likeness (QED) is 0.839. The highest BCUT2D eigenvalue weighted by molar-refractivity contribution is 5.75. The van der Waals surface area contributed by atoms with E-state index in [0.29, 0.717) is 6.54 Å². The van der Waals surface area contributed by atoms with Crippen molar-refractivity contribution in [2.75, 3.05) is 6.61 Å². The van der Waals surface area contributed by atoms with Crippen LogP contribution >= 0.6 is 0 Å². The summed E-state index contributed by atoms with van der Waals surface area (Å²) in [6, 6.07) is 8.18. The highest BCUT2D eigenvalue weighted by Crippen LogP contribution is 2.17. The van der Waals surface area contributed by atoms with Crippen LogP contribution in [0.5, 0.6) is 0 Å². The molecule has 0 bridgehead atoms. The second-order valence-electron chi connectivity index (χ2n) is 5.19. The Bertz CT molecular complexity index is 543. The van der Waals surface area contributed by atoms with Crippen molar-refractivity contribution in [3.63, 3.8) is 0 Å². The Hall–Kier alpha value is -1.39. The molecule has 0 saturated heterocycles. The fourth-order valence-electron chi connectivity index (χ4n) is 2.20. The normalized spacial score (nSPS) is 14.7. The Morgan fingerprint density at radius 2 is 2.05 bits per heavy atom. The first-order valence-electron chi connectivity index (χ1n) is 6.93. The van der Waals surface area contributed by atoms with Crippen molar-refractivity contribution >= 4 is 11.0 Å². The van der Waals surface area contributed by atoms with Gasteiger partial charge in [0.25, 0.3) is 0 Å². The van der Waals surface area contributed by atoms with Crippen molar-refractivity contribution in [1.82, 2.24) is 14.9 Å². The monoisotopic (exact) mass is 261 g/mol. The molecule has 1 unspecified atom stereocenters. The Balaban J connectivity index is 2.25. The summed E-state index contributed by atoms with van der Waals surface area (Å²) in [7, 11) is 0. The number of aryl methyl sites for hydroxylation is 1. The summed E-state index contributed by atoms with van der Waals surface area (Å²) in [5.74, 6) is 1.02. The van der Waals surface area contributed by atoms with Gasteiger partial charge in [-0.2, -0.15) is 0 Å². The van der Waals surface area contributed by atoms with E-state index < -0.39 is 0 Å². The van der Waals surface area contributed by atoms with Crippen LogP contribution in [0.15, 0.2) is 24.3 Å². The SMILES string of the molecule is CCn1c(CNC(C)(CC)CO)nc2ccccc21. The molecule has 104 valence electrons. The van der Waals surface area contributed by atoms with Crippen molar-refractivity contribution in [1.29, 1.82) is 0 Å². The molecular formula is C15H23N3O. The first kappa shape index (κ1) is 14.0. The van der Waals surface area contributed by atoms with Crippen LogP contribution in [0.2, 0.25) is 0 Å². The van der Waals surface area contributed by atoms with E-state index in [1.807, 2.05) is 25.1 Å². The number of aromatic nitrogens is 2. The summed E-state index contributed by atoms with van der Waals surface area (Å²) < 4.78 is 2.22. The number of aliphatic hydroxyl groups is 1. The molecule has 1 aromatic carbocycles. The molecule has 4 heteroatoms. The van der Waals surface area contributed by atoms with Crippen molar-refractivity contribution in [3.05, 3.63) is 30.1 Å². The van der Waals surface area contributed by atoms with E-state index in [4.69, 9.17) is 0 Å².